The predicted molar refractivity (Wildman–Crippen MR) is 108 cm³/mol. The number of hydrogen-bond acceptors (Lipinski definition) is 3. The molecule has 2 saturated heterocycles. The van der Waals surface area contributed by atoms with Crippen LogP contribution >= 0.6 is 0 Å². The molecule has 3 heterocycles. The van der Waals surface area contributed by atoms with Crippen LogP contribution in [0.1, 0.15) is 53.0 Å². The third-order valence-electron chi connectivity index (χ3n) is 6.33. The summed E-state index contributed by atoms with van der Waals surface area (Å²) in [6, 6.07) is 5.58. The van der Waals surface area contributed by atoms with E-state index in [1.807, 2.05) is 4.90 Å². The van der Waals surface area contributed by atoms with Crippen molar-refractivity contribution >= 4 is 5.91 Å². The Morgan fingerprint density at radius 1 is 1.07 bits per heavy atom. The van der Waals surface area contributed by atoms with Gasteiger partial charge in [-0.1, -0.05) is 6.07 Å². The minimum atomic E-state index is -4.43. The average molecular weight is 420 g/mol. The number of aromatic nitrogens is 2. The minimum absolute atomic E-state index is 0.0805. The number of carbonyl (C=O) groups is 1. The van der Waals surface area contributed by atoms with Crippen LogP contribution in [0.3, 0.4) is 0 Å². The van der Waals surface area contributed by atoms with E-state index in [9.17, 15) is 18.0 Å². The van der Waals surface area contributed by atoms with Gasteiger partial charge in [-0.25, -0.2) is 4.68 Å². The molecule has 0 spiro atoms. The van der Waals surface area contributed by atoms with Gasteiger partial charge in [0.15, 0.2) is 0 Å². The Kier molecular flexibility index (Phi) is 5.61. The summed E-state index contributed by atoms with van der Waals surface area (Å²) in [5.41, 5.74) is 1.17. The van der Waals surface area contributed by atoms with Gasteiger partial charge in [-0.2, -0.15) is 18.3 Å². The first kappa shape index (κ1) is 20.9. The van der Waals surface area contributed by atoms with Crippen molar-refractivity contribution < 1.29 is 18.0 Å². The molecule has 0 radical (unpaired) electrons. The summed E-state index contributed by atoms with van der Waals surface area (Å²) in [5.74, 6) is -0.0805. The number of nitrogens with zero attached hydrogens (tertiary/aromatic N) is 4. The molecule has 0 aliphatic carbocycles. The number of halogens is 3. The first-order valence-electron chi connectivity index (χ1n) is 10.5. The third kappa shape index (κ3) is 3.97. The molecule has 0 saturated carbocycles. The number of piperidine rings is 1. The normalized spacial score (nSPS) is 18.9. The maximum absolute atomic E-state index is 13.2. The molecule has 0 bridgehead atoms. The van der Waals surface area contributed by atoms with Gasteiger partial charge in [0.05, 0.1) is 28.2 Å². The highest BCUT2D eigenvalue weighted by Gasteiger charge is 2.32. The second-order valence-corrected chi connectivity index (χ2v) is 8.27. The molecule has 1 aromatic carbocycles. The van der Waals surface area contributed by atoms with Crippen molar-refractivity contribution in [2.45, 2.75) is 51.7 Å². The molecule has 2 aliphatic rings. The Hall–Kier alpha value is -2.35. The van der Waals surface area contributed by atoms with E-state index in [1.165, 1.54) is 23.6 Å². The molecule has 1 aromatic heterocycles. The molecule has 8 heteroatoms. The Bertz CT molecular complexity index is 923. The molecule has 2 aliphatic heterocycles. The standard InChI is InChI=1S/C22H27F3N4O/c1-15-20(21(30)28-12-8-18(9-13-28)27-10-3-4-11-27)16(2)29(26-15)19-7-5-6-17(14-19)22(23,24)25/h5-7,14,18H,3-4,8-13H2,1-2H3. The smallest absolute Gasteiger partial charge is 0.338 e. The van der Waals surface area contributed by atoms with Crippen molar-refractivity contribution in [2.75, 3.05) is 26.2 Å². The maximum atomic E-state index is 13.2. The molecular formula is C22H27F3N4O. The first-order valence-corrected chi connectivity index (χ1v) is 10.5. The lowest BCUT2D eigenvalue weighted by Crippen LogP contribution is -2.46. The van der Waals surface area contributed by atoms with Crippen LogP contribution < -0.4 is 0 Å². The number of alkyl halides is 3. The molecule has 0 N–H and O–H groups in total. The van der Waals surface area contributed by atoms with E-state index in [0.29, 0.717) is 41.8 Å². The molecule has 4 rings (SSSR count). The van der Waals surface area contributed by atoms with Crippen molar-refractivity contribution in [3.8, 4) is 5.69 Å². The van der Waals surface area contributed by atoms with Gasteiger partial charge < -0.3 is 9.80 Å². The summed E-state index contributed by atoms with van der Waals surface area (Å²) in [4.78, 5) is 17.6. The fourth-order valence-corrected chi connectivity index (χ4v) is 4.72. The zero-order valence-corrected chi connectivity index (χ0v) is 17.4. The van der Waals surface area contributed by atoms with Crippen molar-refractivity contribution in [1.29, 1.82) is 0 Å². The third-order valence-corrected chi connectivity index (χ3v) is 6.33. The van der Waals surface area contributed by atoms with Gasteiger partial charge >= 0.3 is 6.18 Å². The second kappa shape index (κ2) is 8.06. The van der Waals surface area contributed by atoms with Gasteiger partial charge in [-0.3, -0.25) is 4.79 Å². The molecule has 30 heavy (non-hydrogen) atoms. The SMILES string of the molecule is Cc1nn(-c2cccc(C(F)(F)F)c2)c(C)c1C(=O)N1CCC(N2CCCC2)CC1. The van der Waals surface area contributed by atoms with Gasteiger partial charge in [0.2, 0.25) is 0 Å². The molecule has 5 nitrogen and oxygen atoms in total. The second-order valence-electron chi connectivity index (χ2n) is 8.27. The number of hydrogen-bond donors (Lipinski definition) is 0. The predicted octanol–water partition coefficient (Wildman–Crippen LogP) is 4.21. The highest BCUT2D eigenvalue weighted by Crippen LogP contribution is 2.31. The number of benzene rings is 1. The number of carbonyl (C=O) groups excluding carboxylic acids is 1. The average Bonchev–Trinajstić information content (AvgIpc) is 3.35. The number of rotatable bonds is 3. The topological polar surface area (TPSA) is 41.4 Å². The lowest BCUT2D eigenvalue weighted by molar-refractivity contribution is -0.137. The zero-order chi connectivity index (χ0) is 21.5. The quantitative estimate of drug-likeness (QED) is 0.747. The highest BCUT2D eigenvalue weighted by molar-refractivity contribution is 5.96. The van der Waals surface area contributed by atoms with E-state index in [4.69, 9.17) is 0 Å². The Balaban J connectivity index is 1.53. The molecule has 0 atom stereocenters. The summed E-state index contributed by atoms with van der Waals surface area (Å²) >= 11 is 0. The molecule has 0 unspecified atom stereocenters. The molecule has 2 fully saturated rings. The first-order chi connectivity index (χ1) is 14.3. The van der Waals surface area contributed by atoms with E-state index in [0.717, 1.165) is 38.1 Å². The van der Waals surface area contributed by atoms with Crippen LogP contribution in [0.25, 0.3) is 5.69 Å². The van der Waals surface area contributed by atoms with E-state index in [1.54, 1.807) is 19.9 Å². The van der Waals surface area contributed by atoms with Gasteiger partial charge in [0, 0.05) is 19.1 Å². The molecule has 2 aromatic rings. The van der Waals surface area contributed by atoms with Crippen molar-refractivity contribution in [2.24, 2.45) is 0 Å². The van der Waals surface area contributed by atoms with Crippen LogP contribution in [0.5, 0.6) is 0 Å². The largest absolute Gasteiger partial charge is 0.416 e. The lowest BCUT2D eigenvalue weighted by atomic mass is 10.0. The van der Waals surface area contributed by atoms with E-state index in [2.05, 4.69) is 10.00 Å². The summed E-state index contributed by atoms with van der Waals surface area (Å²) < 4.78 is 40.7. The Labute approximate surface area is 174 Å². The van der Waals surface area contributed by atoms with Gasteiger partial charge in [0.25, 0.3) is 5.91 Å². The summed E-state index contributed by atoms with van der Waals surface area (Å²) in [7, 11) is 0. The van der Waals surface area contributed by atoms with Gasteiger partial charge in [-0.05, 0) is 70.8 Å². The van der Waals surface area contributed by atoms with Crippen molar-refractivity contribution in [3.05, 3.63) is 46.8 Å². The van der Waals surface area contributed by atoms with E-state index < -0.39 is 11.7 Å². The van der Waals surface area contributed by atoms with Crippen LogP contribution in [0, 0.1) is 13.8 Å². The van der Waals surface area contributed by atoms with E-state index >= 15 is 0 Å². The monoisotopic (exact) mass is 420 g/mol. The molecular weight excluding hydrogens is 393 g/mol. The van der Waals surface area contributed by atoms with Crippen LogP contribution in [0.15, 0.2) is 24.3 Å². The molecule has 1 amide bonds. The fourth-order valence-electron chi connectivity index (χ4n) is 4.72. The molecule has 162 valence electrons. The van der Waals surface area contributed by atoms with Crippen LogP contribution in [-0.2, 0) is 6.18 Å². The zero-order valence-electron chi connectivity index (χ0n) is 17.4. The Morgan fingerprint density at radius 2 is 1.73 bits per heavy atom. The summed E-state index contributed by atoms with van der Waals surface area (Å²) in [5, 5.41) is 4.39. The van der Waals surface area contributed by atoms with Crippen molar-refractivity contribution in [1.82, 2.24) is 19.6 Å². The van der Waals surface area contributed by atoms with Crippen LogP contribution in [0.4, 0.5) is 13.2 Å². The van der Waals surface area contributed by atoms with E-state index in [-0.39, 0.29) is 5.91 Å². The minimum Gasteiger partial charge on any atom is -0.338 e. The lowest BCUT2D eigenvalue weighted by Gasteiger charge is -2.36. The number of aryl methyl sites for hydroxylation is 1. The van der Waals surface area contributed by atoms with Crippen LogP contribution in [-0.4, -0.2) is 57.7 Å². The summed E-state index contributed by atoms with van der Waals surface area (Å²) in [6.07, 6.45) is 0.0140. The highest BCUT2D eigenvalue weighted by atomic mass is 19.4. The van der Waals surface area contributed by atoms with Crippen molar-refractivity contribution in [3.63, 3.8) is 0 Å². The number of amides is 1. The maximum Gasteiger partial charge on any atom is 0.416 e. The fraction of sp³-hybridized carbons (Fsp3) is 0.545. The number of likely N-dealkylation sites (tertiary alicyclic amines) is 2. The summed E-state index contributed by atoms with van der Waals surface area (Å²) in [6.45, 7) is 7.19. The van der Waals surface area contributed by atoms with Crippen LogP contribution in [0.2, 0.25) is 0 Å². The van der Waals surface area contributed by atoms with Gasteiger partial charge in [-0.15, -0.1) is 0 Å². The Morgan fingerprint density at radius 3 is 2.37 bits per heavy atom. The van der Waals surface area contributed by atoms with Gasteiger partial charge in [0.1, 0.15) is 0 Å².